The summed E-state index contributed by atoms with van der Waals surface area (Å²) in [5.41, 5.74) is 0. The van der Waals surface area contributed by atoms with E-state index in [9.17, 15) is 8.42 Å². The molecule has 1 fully saturated rings. The molecule has 120 valence electrons. The van der Waals surface area contributed by atoms with E-state index in [0.29, 0.717) is 19.6 Å². The Hall–Kier alpha value is -0.210. The predicted octanol–water partition coefficient (Wildman–Crippen LogP) is 0.662. The Morgan fingerprint density at radius 2 is 1.85 bits per heavy atom. The first kappa shape index (κ1) is 17.8. The fourth-order valence-corrected chi connectivity index (χ4v) is 3.91. The second-order valence-corrected chi connectivity index (χ2v) is 7.54. The molecule has 0 saturated carbocycles. The standard InChI is InChI=1S/C13H29N3O3S/c1-5-7-14-8-6-9-15(4)20(17,18)16-10-12(2)19-13(3)11-16/h12-14H,5-11H2,1-4H3/t12-,13+. The molecule has 1 rings (SSSR count). The van der Waals surface area contributed by atoms with Crippen molar-refractivity contribution in [2.75, 3.05) is 39.8 Å². The van der Waals surface area contributed by atoms with Crippen LogP contribution in [0.2, 0.25) is 0 Å². The molecule has 1 heterocycles. The van der Waals surface area contributed by atoms with Crippen molar-refractivity contribution in [3.8, 4) is 0 Å². The van der Waals surface area contributed by atoms with Crippen LogP contribution in [0.1, 0.15) is 33.6 Å². The summed E-state index contributed by atoms with van der Waals surface area (Å²) >= 11 is 0. The molecule has 0 unspecified atom stereocenters. The number of nitrogens with one attached hydrogen (secondary N) is 1. The SMILES string of the molecule is CCCNCCCN(C)S(=O)(=O)N1C[C@@H](C)O[C@@H](C)C1. The van der Waals surface area contributed by atoms with Crippen molar-refractivity contribution in [1.82, 2.24) is 13.9 Å². The van der Waals surface area contributed by atoms with Gasteiger partial charge in [-0.15, -0.1) is 0 Å². The van der Waals surface area contributed by atoms with Gasteiger partial charge < -0.3 is 10.1 Å². The van der Waals surface area contributed by atoms with Crippen molar-refractivity contribution in [2.24, 2.45) is 0 Å². The maximum atomic E-state index is 12.5. The number of rotatable bonds is 8. The number of nitrogens with zero attached hydrogens (tertiary/aromatic N) is 2. The number of ether oxygens (including phenoxy) is 1. The van der Waals surface area contributed by atoms with Crippen molar-refractivity contribution in [1.29, 1.82) is 0 Å². The molecule has 0 aromatic carbocycles. The van der Waals surface area contributed by atoms with Gasteiger partial charge in [0.15, 0.2) is 0 Å². The van der Waals surface area contributed by atoms with Crippen LogP contribution < -0.4 is 5.32 Å². The van der Waals surface area contributed by atoms with E-state index in [0.717, 1.165) is 25.9 Å². The van der Waals surface area contributed by atoms with E-state index in [1.165, 1.54) is 8.61 Å². The molecule has 6 nitrogen and oxygen atoms in total. The molecule has 0 bridgehead atoms. The van der Waals surface area contributed by atoms with Crippen LogP contribution in [0.3, 0.4) is 0 Å². The number of morpholine rings is 1. The lowest BCUT2D eigenvalue weighted by molar-refractivity contribution is -0.0453. The van der Waals surface area contributed by atoms with Crippen LogP contribution in [0.5, 0.6) is 0 Å². The molecule has 7 heteroatoms. The minimum Gasteiger partial charge on any atom is -0.373 e. The Bertz CT molecular complexity index is 365. The number of hydrogen-bond donors (Lipinski definition) is 1. The fourth-order valence-electron chi connectivity index (χ4n) is 2.36. The average molecular weight is 307 g/mol. The van der Waals surface area contributed by atoms with E-state index in [-0.39, 0.29) is 12.2 Å². The topological polar surface area (TPSA) is 61.9 Å². The summed E-state index contributed by atoms with van der Waals surface area (Å²) in [5, 5.41) is 3.28. The minimum atomic E-state index is -3.36. The summed E-state index contributed by atoms with van der Waals surface area (Å²) in [6.45, 7) is 9.18. The first-order valence-electron chi connectivity index (χ1n) is 7.45. The lowest BCUT2D eigenvalue weighted by Gasteiger charge is -2.36. The third kappa shape index (κ3) is 5.29. The lowest BCUT2D eigenvalue weighted by atomic mass is 10.3. The van der Waals surface area contributed by atoms with E-state index >= 15 is 0 Å². The van der Waals surface area contributed by atoms with Crippen molar-refractivity contribution in [3.63, 3.8) is 0 Å². The summed E-state index contributed by atoms with van der Waals surface area (Å²) in [4.78, 5) is 0. The Morgan fingerprint density at radius 1 is 1.25 bits per heavy atom. The van der Waals surface area contributed by atoms with Crippen LogP contribution in [0.4, 0.5) is 0 Å². The largest absolute Gasteiger partial charge is 0.373 e. The Labute approximate surface area is 123 Å². The zero-order chi connectivity index (χ0) is 15.2. The van der Waals surface area contributed by atoms with Gasteiger partial charge in [0, 0.05) is 26.7 Å². The van der Waals surface area contributed by atoms with Crippen molar-refractivity contribution in [3.05, 3.63) is 0 Å². The van der Waals surface area contributed by atoms with E-state index in [4.69, 9.17) is 4.74 Å². The molecule has 0 spiro atoms. The average Bonchev–Trinajstić information content (AvgIpc) is 2.37. The molecule has 0 radical (unpaired) electrons. The highest BCUT2D eigenvalue weighted by atomic mass is 32.2. The Balaban J connectivity index is 2.45. The molecule has 1 saturated heterocycles. The van der Waals surface area contributed by atoms with Gasteiger partial charge in [-0.1, -0.05) is 6.92 Å². The molecule has 0 aromatic heterocycles. The summed E-state index contributed by atoms with van der Waals surface area (Å²) in [7, 11) is -1.71. The zero-order valence-corrected chi connectivity index (χ0v) is 13.9. The zero-order valence-electron chi connectivity index (χ0n) is 13.1. The monoisotopic (exact) mass is 307 g/mol. The third-order valence-corrected chi connectivity index (χ3v) is 5.28. The normalized spacial score (nSPS) is 25.2. The second kappa shape index (κ2) is 8.29. The maximum Gasteiger partial charge on any atom is 0.281 e. The van der Waals surface area contributed by atoms with Crippen LogP contribution in [-0.4, -0.2) is 69.0 Å². The molecule has 0 aliphatic carbocycles. The summed E-state index contributed by atoms with van der Waals surface area (Å²) in [5.74, 6) is 0. The lowest BCUT2D eigenvalue weighted by Crippen LogP contribution is -2.52. The van der Waals surface area contributed by atoms with Gasteiger partial charge in [-0.05, 0) is 39.8 Å². The predicted molar refractivity (Wildman–Crippen MR) is 80.9 cm³/mol. The smallest absolute Gasteiger partial charge is 0.281 e. The Kier molecular flexibility index (Phi) is 7.39. The third-order valence-electron chi connectivity index (χ3n) is 3.36. The van der Waals surface area contributed by atoms with Crippen LogP contribution in [-0.2, 0) is 14.9 Å². The molecule has 20 heavy (non-hydrogen) atoms. The molecule has 0 aromatic rings. The van der Waals surface area contributed by atoms with Gasteiger partial charge in [-0.2, -0.15) is 17.0 Å². The summed E-state index contributed by atoms with van der Waals surface area (Å²) in [6, 6.07) is 0. The quantitative estimate of drug-likeness (QED) is 0.669. The molecular weight excluding hydrogens is 278 g/mol. The highest BCUT2D eigenvalue weighted by Gasteiger charge is 2.33. The Morgan fingerprint density at radius 3 is 2.40 bits per heavy atom. The van der Waals surface area contributed by atoms with Crippen molar-refractivity contribution >= 4 is 10.2 Å². The van der Waals surface area contributed by atoms with Gasteiger partial charge >= 0.3 is 0 Å². The first-order chi connectivity index (χ1) is 9.37. The van der Waals surface area contributed by atoms with Gasteiger partial charge in [0.25, 0.3) is 10.2 Å². The van der Waals surface area contributed by atoms with Crippen molar-refractivity contribution < 1.29 is 13.2 Å². The van der Waals surface area contributed by atoms with E-state index < -0.39 is 10.2 Å². The van der Waals surface area contributed by atoms with E-state index in [2.05, 4.69) is 12.2 Å². The summed E-state index contributed by atoms with van der Waals surface area (Å²) in [6.07, 6.45) is 1.82. The van der Waals surface area contributed by atoms with Gasteiger partial charge in [0.1, 0.15) is 0 Å². The van der Waals surface area contributed by atoms with Crippen LogP contribution in [0, 0.1) is 0 Å². The molecule has 1 aliphatic heterocycles. The fraction of sp³-hybridized carbons (Fsp3) is 1.00. The maximum absolute atomic E-state index is 12.5. The van der Waals surface area contributed by atoms with Crippen LogP contribution in [0.25, 0.3) is 0 Å². The van der Waals surface area contributed by atoms with E-state index in [1.807, 2.05) is 13.8 Å². The highest BCUT2D eigenvalue weighted by molar-refractivity contribution is 7.86. The van der Waals surface area contributed by atoms with Gasteiger partial charge in [-0.25, -0.2) is 0 Å². The second-order valence-electron chi connectivity index (χ2n) is 5.51. The van der Waals surface area contributed by atoms with Gasteiger partial charge in [0.2, 0.25) is 0 Å². The summed E-state index contributed by atoms with van der Waals surface area (Å²) < 4.78 is 33.5. The molecule has 1 N–H and O–H groups in total. The highest BCUT2D eigenvalue weighted by Crippen LogP contribution is 2.16. The van der Waals surface area contributed by atoms with Crippen molar-refractivity contribution in [2.45, 2.75) is 45.8 Å². The minimum absolute atomic E-state index is 0.0480. The van der Waals surface area contributed by atoms with Gasteiger partial charge in [-0.3, -0.25) is 0 Å². The molecule has 1 aliphatic rings. The van der Waals surface area contributed by atoms with Crippen LogP contribution >= 0.6 is 0 Å². The number of hydrogen-bond acceptors (Lipinski definition) is 4. The first-order valence-corrected chi connectivity index (χ1v) is 8.85. The molecular formula is C13H29N3O3S. The molecule has 0 amide bonds. The van der Waals surface area contributed by atoms with Gasteiger partial charge in [0.05, 0.1) is 12.2 Å². The van der Waals surface area contributed by atoms with E-state index in [1.54, 1.807) is 7.05 Å². The molecule has 2 atom stereocenters. The van der Waals surface area contributed by atoms with Crippen LogP contribution in [0.15, 0.2) is 0 Å².